The fraction of sp³-hybridized carbons (Fsp3) is 0.625. The number of hydrogen-bond acceptors (Lipinski definition) is 5. The van der Waals surface area contributed by atoms with Crippen molar-refractivity contribution in [1.29, 1.82) is 0 Å². The Morgan fingerprint density at radius 1 is 1.64 bits per heavy atom. The number of aryl methyl sites for hydroxylation is 1. The van der Waals surface area contributed by atoms with E-state index in [-0.39, 0.29) is 12.5 Å². The quantitative estimate of drug-likeness (QED) is 0.703. The molecule has 0 unspecified atom stereocenters. The van der Waals surface area contributed by atoms with E-state index in [1.165, 1.54) is 7.11 Å². The van der Waals surface area contributed by atoms with Crippen LogP contribution in [0.2, 0.25) is 0 Å². The molecule has 0 aromatic carbocycles. The van der Waals surface area contributed by atoms with Gasteiger partial charge in [-0.2, -0.15) is 4.98 Å². The summed E-state index contributed by atoms with van der Waals surface area (Å²) in [4.78, 5) is 14.9. The Labute approximate surface area is 81.6 Å². The third kappa shape index (κ3) is 3.53. The number of carbonyl (C=O) groups is 1. The number of ether oxygens (including phenoxy) is 1. The minimum atomic E-state index is -0.146. The molecule has 6 heteroatoms. The van der Waals surface area contributed by atoms with E-state index in [1.807, 2.05) is 0 Å². The van der Waals surface area contributed by atoms with Gasteiger partial charge in [-0.3, -0.25) is 4.79 Å². The first-order valence-corrected chi connectivity index (χ1v) is 4.27. The van der Waals surface area contributed by atoms with Gasteiger partial charge in [0.15, 0.2) is 5.82 Å². The van der Waals surface area contributed by atoms with Crippen molar-refractivity contribution in [1.82, 2.24) is 15.5 Å². The Kier molecular flexibility index (Phi) is 4.06. The first kappa shape index (κ1) is 10.6. The highest BCUT2D eigenvalue weighted by atomic mass is 16.5. The van der Waals surface area contributed by atoms with E-state index in [0.29, 0.717) is 24.7 Å². The molecule has 1 heterocycles. The summed E-state index contributed by atoms with van der Waals surface area (Å²) in [5.41, 5.74) is 0. The van der Waals surface area contributed by atoms with Crippen LogP contribution in [-0.4, -0.2) is 36.3 Å². The predicted octanol–water partition coefficient (Wildman–Crippen LogP) is -0.317. The molecule has 78 valence electrons. The fourth-order valence-electron chi connectivity index (χ4n) is 0.939. The molecule has 1 N–H and O–H groups in total. The van der Waals surface area contributed by atoms with Gasteiger partial charge >= 0.3 is 0 Å². The maximum Gasteiger partial charge on any atom is 0.245 e. The van der Waals surface area contributed by atoms with E-state index >= 15 is 0 Å². The standard InChI is InChI=1S/C8H13N3O3/c1-6-10-7(11-14-6)3-4-9-8(12)5-13-2/h3-5H2,1-2H3,(H,9,12). The monoisotopic (exact) mass is 199 g/mol. The van der Waals surface area contributed by atoms with Crippen molar-refractivity contribution in [3.05, 3.63) is 11.7 Å². The normalized spacial score (nSPS) is 10.1. The second-order valence-electron chi connectivity index (χ2n) is 2.76. The minimum Gasteiger partial charge on any atom is -0.375 e. The Morgan fingerprint density at radius 2 is 2.43 bits per heavy atom. The number of carbonyl (C=O) groups excluding carboxylic acids is 1. The van der Waals surface area contributed by atoms with Crippen molar-refractivity contribution < 1.29 is 14.1 Å². The van der Waals surface area contributed by atoms with Gasteiger partial charge in [-0.25, -0.2) is 0 Å². The summed E-state index contributed by atoms with van der Waals surface area (Å²) >= 11 is 0. The Balaban J connectivity index is 2.18. The number of amides is 1. The van der Waals surface area contributed by atoms with Crippen LogP contribution in [0.4, 0.5) is 0 Å². The lowest BCUT2D eigenvalue weighted by Gasteiger charge is -2.00. The molecule has 0 aliphatic rings. The van der Waals surface area contributed by atoms with E-state index in [4.69, 9.17) is 4.52 Å². The zero-order valence-corrected chi connectivity index (χ0v) is 8.24. The molecule has 0 saturated carbocycles. The van der Waals surface area contributed by atoms with E-state index in [0.717, 1.165) is 0 Å². The summed E-state index contributed by atoms with van der Waals surface area (Å²) in [5, 5.41) is 6.35. The number of nitrogens with zero attached hydrogens (tertiary/aromatic N) is 2. The molecule has 1 amide bonds. The van der Waals surface area contributed by atoms with Gasteiger partial charge in [0.05, 0.1) is 0 Å². The Hall–Kier alpha value is -1.43. The van der Waals surface area contributed by atoms with Gasteiger partial charge in [0, 0.05) is 27.0 Å². The molecule has 0 aliphatic carbocycles. The molecule has 14 heavy (non-hydrogen) atoms. The molecule has 0 fully saturated rings. The van der Waals surface area contributed by atoms with Crippen LogP contribution >= 0.6 is 0 Å². The van der Waals surface area contributed by atoms with Crippen LogP contribution in [0, 0.1) is 6.92 Å². The highest BCUT2D eigenvalue weighted by Gasteiger charge is 2.03. The third-order valence-corrected chi connectivity index (χ3v) is 1.52. The van der Waals surface area contributed by atoms with Gasteiger partial charge in [0.1, 0.15) is 6.61 Å². The second kappa shape index (κ2) is 5.33. The lowest BCUT2D eigenvalue weighted by molar-refractivity contribution is -0.124. The molecule has 0 saturated heterocycles. The first-order valence-electron chi connectivity index (χ1n) is 4.27. The SMILES string of the molecule is COCC(=O)NCCc1noc(C)n1. The van der Waals surface area contributed by atoms with Crippen molar-refractivity contribution in [3.63, 3.8) is 0 Å². The van der Waals surface area contributed by atoms with Crippen molar-refractivity contribution in [2.45, 2.75) is 13.3 Å². The summed E-state index contributed by atoms with van der Waals surface area (Å²) in [6.07, 6.45) is 0.562. The van der Waals surface area contributed by atoms with E-state index in [9.17, 15) is 4.79 Å². The minimum absolute atomic E-state index is 0.0747. The summed E-state index contributed by atoms with van der Waals surface area (Å²) in [6.45, 7) is 2.28. The maximum atomic E-state index is 10.9. The Morgan fingerprint density at radius 3 is 3.00 bits per heavy atom. The number of hydrogen-bond donors (Lipinski definition) is 1. The molecule has 0 aliphatic heterocycles. The molecule has 0 radical (unpaired) electrons. The lowest BCUT2D eigenvalue weighted by atomic mass is 10.4. The van der Waals surface area contributed by atoms with Gasteiger partial charge in [-0.05, 0) is 0 Å². The molecular formula is C8H13N3O3. The fourth-order valence-corrected chi connectivity index (χ4v) is 0.939. The maximum absolute atomic E-state index is 10.9. The molecule has 0 bridgehead atoms. The van der Waals surface area contributed by atoms with Crippen LogP contribution < -0.4 is 5.32 Å². The highest BCUT2D eigenvalue weighted by Crippen LogP contribution is 1.94. The van der Waals surface area contributed by atoms with E-state index in [1.54, 1.807) is 6.92 Å². The molecule has 1 aromatic rings. The zero-order chi connectivity index (χ0) is 10.4. The molecule has 0 atom stereocenters. The number of methoxy groups -OCH3 is 1. The zero-order valence-electron chi connectivity index (χ0n) is 8.24. The van der Waals surface area contributed by atoms with Gasteiger partial charge in [0.2, 0.25) is 11.8 Å². The third-order valence-electron chi connectivity index (χ3n) is 1.52. The smallest absolute Gasteiger partial charge is 0.245 e. The largest absolute Gasteiger partial charge is 0.375 e. The average molecular weight is 199 g/mol. The van der Waals surface area contributed by atoms with Crippen LogP contribution in [0.15, 0.2) is 4.52 Å². The number of nitrogens with one attached hydrogen (secondary N) is 1. The van der Waals surface area contributed by atoms with Crippen LogP contribution in [0.25, 0.3) is 0 Å². The molecular weight excluding hydrogens is 186 g/mol. The van der Waals surface area contributed by atoms with Crippen LogP contribution in [0.5, 0.6) is 0 Å². The molecule has 1 rings (SSSR count). The first-order chi connectivity index (χ1) is 6.72. The molecule has 0 spiro atoms. The molecule has 1 aromatic heterocycles. The number of aromatic nitrogens is 2. The summed E-state index contributed by atoms with van der Waals surface area (Å²) in [5.74, 6) is 0.983. The lowest BCUT2D eigenvalue weighted by Crippen LogP contribution is -2.29. The van der Waals surface area contributed by atoms with Gasteiger partial charge < -0.3 is 14.6 Å². The van der Waals surface area contributed by atoms with E-state index < -0.39 is 0 Å². The topological polar surface area (TPSA) is 77.2 Å². The number of rotatable bonds is 5. The summed E-state index contributed by atoms with van der Waals surface area (Å²) < 4.78 is 9.42. The molecule has 6 nitrogen and oxygen atoms in total. The van der Waals surface area contributed by atoms with Gasteiger partial charge in [-0.1, -0.05) is 5.16 Å². The van der Waals surface area contributed by atoms with Gasteiger partial charge in [-0.15, -0.1) is 0 Å². The van der Waals surface area contributed by atoms with Crippen molar-refractivity contribution in [2.24, 2.45) is 0 Å². The van der Waals surface area contributed by atoms with Gasteiger partial charge in [0.25, 0.3) is 0 Å². The average Bonchev–Trinajstić information content (AvgIpc) is 2.52. The summed E-state index contributed by atoms with van der Waals surface area (Å²) in [6, 6.07) is 0. The van der Waals surface area contributed by atoms with Crippen LogP contribution in [-0.2, 0) is 16.0 Å². The Bertz CT molecular complexity index is 298. The van der Waals surface area contributed by atoms with Crippen molar-refractivity contribution in [2.75, 3.05) is 20.3 Å². The van der Waals surface area contributed by atoms with Crippen molar-refractivity contribution in [3.8, 4) is 0 Å². The highest BCUT2D eigenvalue weighted by molar-refractivity contribution is 5.77. The van der Waals surface area contributed by atoms with Crippen LogP contribution in [0.1, 0.15) is 11.7 Å². The predicted molar refractivity (Wildman–Crippen MR) is 47.6 cm³/mol. The summed E-state index contributed by atoms with van der Waals surface area (Å²) in [7, 11) is 1.47. The van der Waals surface area contributed by atoms with Crippen LogP contribution in [0.3, 0.4) is 0 Å². The van der Waals surface area contributed by atoms with Crippen molar-refractivity contribution >= 4 is 5.91 Å². The second-order valence-corrected chi connectivity index (χ2v) is 2.76. The van der Waals surface area contributed by atoms with E-state index in [2.05, 4.69) is 20.2 Å².